The average molecular weight is 283 g/mol. The number of nitrogens with zero attached hydrogens (tertiary/aromatic N) is 1. The topological polar surface area (TPSA) is 50.9 Å². The molecular formula is C18H25N3. The van der Waals surface area contributed by atoms with Crippen LogP contribution in [0.25, 0.3) is 0 Å². The van der Waals surface area contributed by atoms with Crippen molar-refractivity contribution < 1.29 is 0 Å². The Morgan fingerprint density at radius 1 is 1.19 bits per heavy atom. The zero-order valence-electron chi connectivity index (χ0n) is 13.2. The van der Waals surface area contributed by atoms with Crippen LogP contribution in [0.3, 0.4) is 0 Å². The number of aryl methyl sites for hydroxylation is 2. The Balaban J connectivity index is 2.26. The summed E-state index contributed by atoms with van der Waals surface area (Å²) in [6.45, 7) is 7.43. The van der Waals surface area contributed by atoms with Gasteiger partial charge in [-0.3, -0.25) is 0 Å². The molecule has 1 aromatic heterocycles. The third kappa shape index (κ3) is 4.30. The first kappa shape index (κ1) is 15.5. The van der Waals surface area contributed by atoms with Crippen molar-refractivity contribution in [2.45, 2.75) is 39.7 Å². The van der Waals surface area contributed by atoms with Crippen LogP contribution >= 0.6 is 0 Å². The number of nitrogens with one attached hydrogen (secondary N) is 1. The molecule has 0 fully saturated rings. The van der Waals surface area contributed by atoms with Gasteiger partial charge in [0.25, 0.3) is 0 Å². The normalized spacial score (nSPS) is 12.3. The summed E-state index contributed by atoms with van der Waals surface area (Å²) in [6.07, 6.45) is 3.77. The Morgan fingerprint density at radius 3 is 2.52 bits per heavy atom. The summed E-state index contributed by atoms with van der Waals surface area (Å²) in [5.41, 5.74) is 11.1. The predicted octanol–water partition coefficient (Wildman–Crippen LogP) is 3.56. The van der Waals surface area contributed by atoms with Crippen LogP contribution in [0.2, 0.25) is 0 Å². The van der Waals surface area contributed by atoms with Crippen LogP contribution in [0, 0.1) is 13.8 Å². The third-order valence-corrected chi connectivity index (χ3v) is 3.61. The summed E-state index contributed by atoms with van der Waals surface area (Å²) >= 11 is 0. The van der Waals surface area contributed by atoms with Gasteiger partial charge in [-0.1, -0.05) is 42.3 Å². The van der Waals surface area contributed by atoms with E-state index >= 15 is 0 Å². The lowest BCUT2D eigenvalue weighted by Crippen LogP contribution is -2.25. The van der Waals surface area contributed by atoms with Gasteiger partial charge in [-0.05, 0) is 44.9 Å². The van der Waals surface area contributed by atoms with Crippen molar-refractivity contribution in [1.29, 1.82) is 0 Å². The van der Waals surface area contributed by atoms with Crippen molar-refractivity contribution in [2.24, 2.45) is 0 Å². The Bertz CT molecular complexity index is 573. The van der Waals surface area contributed by atoms with Crippen LogP contribution in [0.4, 0.5) is 5.82 Å². The third-order valence-electron chi connectivity index (χ3n) is 3.61. The highest BCUT2D eigenvalue weighted by atomic mass is 14.9. The van der Waals surface area contributed by atoms with E-state index in [-0.39, 0.29) is 6.04 Å². The van der Waals surface area contributed by atoms with E-state index in [1.165, 1.54) is 16.7 Å². The lowest BCUT2D eigenvalue weighted by atomic mass is 9.96. The fourth-order valence-electron chi connectivity index (χ4n) is 2.76. The maximum atomic E-state index is 6.06. The molecule has 0 saturated heterocycles. The molecule has 1 heterocycles. The fourth-order valence-corrected chi connectivity index (χ4v) is 2.76. The first-order valence-corrected chi connectivity index (χ1v) is 7.61. The largest absolute Gasteiger partial charge is 0.383 e. The van der Waals surface area contributed by atoms with Crippen molar-refractivity contribution in [3.05, 3.63) is 58.8 Å². The maximum Gasteiger partial charge on any atom is 0.128 e. The molecule has 3 heteroatoms. The number of anilines is 1. The number of nitrogens with two attached hydrogens (primary N) is 1. The van der Waals surface area contributed by atoms with Gasteiger partial charge in [0.15, 0.2) is 0 Å². The number of benzene rings is 1. The smallest absolute Gasteiger partial charge is 0.128 e. The van der Waals surface area contributed by atoms with E-state index in [0.29, 0.717) is 5.82 Å². The second-order valence-electron chi connectivity index (χ2n) is 5.68. The molecule has 0 aliphatic heterocycles. The number of rotatable bonds is 6. The van der Waals surface area contributed by atoms with Crippen molar-refractivity contribution in [3.63, 3.8) is 0 Å². The Morgan fingerprint density at radius 2 is 1.90 bits per heavy atom. The van der Waals surface area contributed by atoms with Gasteiger partial charge >= 0.3 is 0 Å². The summed E-state index contributed by atoms with van der Waals surface area (Å²) < 4.78 is 0. The molecule has 1 unspecified atom stereocenters. The molecule has 0 amide bonds. The van der Waals surface area contributed by atoms with Gasteiger partial charge in [-0.2, -0.15) is 0 Å². The first-order chi connectivity index (χ1) is 10.1. The SMILES string of the molecule is CCCNC(Cc1cc(C)cc(C)c1)c1cccnc1N. The van der Waals surface area contributed by atoms with E-state index < -0.39 is 0 Å². The average Bonchev–Trinajstić information content (AvgIpc) is 2.43. The molecule has 1 atom stereocenters. The molecule has 3 nitrogen and oxygen atoms in total. The van der Waals surface area contributed by atoms with Crippen molar-refractivity contribution in [1.82, 2.24) is 10.3 Å². The molecule has 0 aliphatic carbocycles. The Kier molecular flexibility index (Phi) is 5.34. The minimum atomic E-state index is 0.208. The first-order valence-electron chi connectivity index (χ1n) is 7.61. The second kappa shape index (κ2) is 7.23. The van der Waals surface area contributed by atoms with Crippen molar-refractivity contribution >= 4 is 5.82 Å². The number of hydrogen-bond donors (Lipinski definition) is 2. The number of aromatic nitrogens is 1. The summed E-state index contributed by atoms with van der Waals surface area (Å²) in [4.78, 5) is 4.22. The van der Waals surface area contributed by atoms with Crippen LogP contribution in [-0.2, 0) is 6.42 Å². The molecular weight excluding hydrogens is 258 g/mol. The van der Waals surface area contributed by atoms with Gasteiger partial charge in [0, 0.05) is 17.8 Å². The van der Waals surface area contributed by atoms with Gasteiger partial charge in [0.1, 0.15) is 5.82 Å². The molecule has 3 N–H and O–H groups in total. The molecule has 21 heavy (non-hydrogen) atoms. The minimum Gasteiger partial charge on any atom is -0.383 e. The molecule has 1 aromatic carbocycles. The highest BCUT2D eigenvalue weighted by molar-refractivity contribution is 5.42. The van der Waals surface area contributed by atoms with Gasteiger partial charge in [0.2, 0.25) is 0 Å². The highest BCUT2D eigenvalue weighted by Crippen LogP contribution is 2.23. The molecule has 0 bridgehead atoms. The van der Waals surface area contributed by atoms with E-state index in [2.05, 4.69) is 55.3 Å². The van der Waals surface area contributed by atoms with E-state index in [1.54, 1.807) is 6.20 Å². The molecule has 0 aliphatic rings. The van der Waals surface area contributed by atoms with Gasteiger partial charge < -0.3 is 11.1 Å². The predicted molar refractivity (Wildman–Crippen MR) is 89.3 cm³/mol. The lowest BCUT2D eigenvalue weighted by Gasteiger charge is -2.20. The zero-order chi connectivity index (χ0) is 15.2. The number of pyridine rings is 1. The van der Waals surface area contributed by atoms with Crippen LogP contribution in [-0.4, -0.2) is 11.5 Å². The minimum absolute atomic E-state index is 0.208. The number of hydrogen-bond acceptors (Lipinski definition) is 3. The number of nitrogen functional groups attached to an aromatic ring is 1. The van der Waals surface area contributed by atoms with Gasteiger partial charge in [0.05, 0.1) is 0 Å². The molecule has 0 radical (unpaired) electrons. The molecule has 0 saturated carbocycles. The van der Waals surface area contributed by atoms with E-state index in [4.69, 9.17) is 5.73 Å². The maximum absolute atomic E-state index is 6.06. The standard InChI is InChI=1S/C18H25N3/c1-4-7-20-17(16-6-5-8-21-18(16)19)12-15-10-13(2)9-14(3)11-15/h5-6,8-11,17,20H,4,7,12H2,1-3H3,(H2,19,21). The highest BCUT2D eigenvalue weighted by Gasteiger charge is 2.15. The summed E-state index contributed by atoms with van der Waals surface area (Å²) in [5, 5.41) is 3.59. The van der Waals surface area contributed by atoms with E-state index in [1.807, 2.05) is 6.07 Å². The van der Waals surface area contributed by atoms with Crippen LogP contribution < -0.4 is 11.1 Å². The lowest BCUT2D eigenvalue weighted by molar-refractivity contribution is 0.529. The Hall–Kier alpha value is -1.87. The van der Waals surface area contributed by atoms with Crippen LogP contribution in [0.5, 0.6) is 0 Å². The van der Waals surface area contributed by atoms with Crippen LogP contribution in [0.15, 0.2) is 36.5 Å². The molecule has 112 valence electrons. The van der Waals surface area contributed by atoms with Crippen LogP contribution in [0.1, 0.15) is 41.6 Å². The summed E-state index contributed by atoms with van der Waals surface area (Å²) in [6, 6.07) is 10.9. The van der Waals surface area contributed by atoms with Crippen molar-refractivity contribution in [2.75, 3.05) is 12.3 Å². The summed E-state index contributed by atoms with van der Waals surface area (Å²) in [5.74, 6) is 0.621. The van der Waals surface area contributed by atoms with Crippen molar-refractivity contribution in [3.8, 4) is 0 Å². The quantitative estimate of drug-likeness (QED) is 0.852. The monoisotopic (exact) mass is 283 g/mol. The van der Waals surface area contributed by atoms with Gasteiger partial charge in [-0.15, -0.1) is 0 Å². The van der Waals surface area contributed by atoms with E-state index in [9.17, 15) is 0 Å². The fraction of sp³-hybridized carbons (Fsp3) is 0.389. The molecule has 2 aromatic rings. The van der Waals surface area contributed by atoms with Gasteiger partial charge in [-0.25, -0.2) is 4.98 Å². The Labute approximate surface area is 127 Å². The molecule has 0 spiro atoms. The zero-order valence-corrected chi connectivity index (χ0v) is 13.2. The molecule has 2 rings (SSSR count). The van der Waals surface area contributed by atoms with E-state index in [0.717, 1.165) is 24.9 Å². The summed E-state index contributed by atoms with van der Waals surface area (Å²) in [7, 11) is 0. The second-order valence-corrected chi connectivity index (χ2v) is 5.68.